The number of aliphatic carboxylic acids is 1. The van der Waals surface area contributed by atoms with E-state index >= 15 is 0 Å². The van der Waals surface area contributed by atoms with Gasteiger partial charge in [-0.3, -0.25) is 4.79 Å². The van der Waals surface area contributed by atoms with Crippen molar-refractivity contribution in [1.29, 1.82) is 0 Å². The fraction of sp³-hybridized carbons (Fsp3) is 0.188. The van der Waals surface area contributed by atoms with E-state index in [0.717, 1.165) is 8.78 Å². The Bertz CT molecular complexity index is 820. The molecule has 0 fully saturated rings. The Morgan fingerprint density at radius 3 is 2.35 bits per heavy atom. The van der Waals surface area contributed by atoms with Crippen LogP contribution in [0.2, 0.25) is 0 Å². The largest absolute Gasteiger partial charge is 0.480 e. The zero-order valence-electron chi connectivity index (χ0n) is 12.4. The molecule has 0 spiro atoms. The lowest BCUT2D eigenvalue weighted by Gasteiger charge is -2.22. The van der Waals surface area contributed by atoms with E-state index in [-0.39, 0.29) is 11.4 Å². The molecular weight excluding hydrogens is 382 g/mol. The summed E-state index contributed by atoms with van der Waals surface area (Å²) >= 11 is 3.36. The van der Waals surface area contributed by atoms with Crippen LogP contribution in [-0.2, 0) is 21.4 Å². The van der Waals surface area contributed by atoms with E-state index in [4.69, 9.17) is 5.11 Å². The zero-order valence-corrected chi connectivity index (χ0v) is 14.8. The molecule has 0 aliphatic heterocycles. The molecule has 7 heteroatoms. The molecule has 0 aliphatic carbocycles. The molecule has 0 aromatic heterocycles. The van der Waals surface area contributed by atoms with Gasteiger partial charge in [0.1, 0.15) is 6.54 Å². The fourth-order valence-corrected chi connectivity index (χ4v) is 4.18. The van der Waals surface area contributed by atoms with Crippen LogP contribution in [0.25, 0.3) is 0 Å². The number of sulfonamides is 1. The van der Waals surface area contributed by atoms with Gasteiger partial charge in [-0.2, -0.15) is 4.31 Å². The highest BCUT2D eigenvalue weighted by atomic mass is 79.9. The molecule has 0 bridgehead atoms. The molecule has 0 saturated carbocycles. The molecular formula is C16H16BrNO4S. The van der Waals surface area contributed by atoms with E-state index in [1.165, 1.54) is 6.07 Å². The van der Waals surface area contributed by atoms with Gasteiger partial charge in [-0.15, -0.1) is 0 Å². The molecule has 0 unspecified atom stereocenters. The van der Waals surface area contributed by atoms with Gasteiger partial charge in [0.05, 0.1) is 4.90 Å². The fourth-order valence-electron chi connectivity index (χ4n) is 2.18. The quantitative estimate of drug-likeness (QED) is 0.812. The summed E-state index contributed by atoms with van der Waals surface area (Å²) in [5.41, 5.74) is 1.28. The van der Waals surface area contributed by atoms with Crippen molar-refractivity contribution < 1.29 is 18.3 Å². The molecule has 5 nitrogen and oxygen atoms in total. The molecule has 2 aromatic rings. The molecule has 2 aromatic carbocycles. The van der Waals surface area contributed by atoms with Crippen molar-refractivity contribution in [2.24, 2.45) is 0 Å². The first-order valence-electron chi connectivity index (χ1n) is 6.83. The van der Waals surface area contributed by atoms with Gasteiger partial charge in [-0.05, 0) is 30.2 Å². The predicted molar refractivity (Wildman–Crippen MR) is 90.6 cm³/mol. The summed E-state index contributed by atoms with van der Waals surface area (Å²) in [5, 5.41) is 9.09. The molecule has 23 heavy (non-hydrogen) atoms. The lowest BCUT2D eigenvalue weighted by atomic mass is 10.2. The topological polar surface area (TPSA) is 74.7 Å². The summed E-state index contributed by atoms with van der Waals surface area (Å²) in [6, 6.07) is 13.7. The Balaban J connectivity index is 2.44. The summed E-state index contributed by atoms with van der Waals surface area (Å²) in [6.07, 6.45) is 0. The SMILES string of the molecule is Cc1ccccc1S(=O)(=O)N(CC(=O)O)Cc1ccccc1Br. The van der Waals surface area contributed by atoms with Gasteiger partial charge in [-0.25, -0.2) is 8.42 Å². The van der Waals surface area contributed by atoms with Crippen LogP contribution in [-0.4, -0.2) is 30.3 Å². The van der Waals surface area contributed by atoms with Gasteiger partial charge in [0.15, 0.2) is 0 Å². The van der Waals surface area contributed by atoms with Crippen LogP contribution in [0.5, 0.6) is 0 Å². The summed E-state index contributed by atoms with van der Waals surface area (Å²) in [5.74, 6) is -1.20. The van der Waals surface area contributed by atoms with E-state index in [1.54, 1.807) is 43.3 Å². The molecule has 0 amide bonds. The molecule has 0 heterocycles. The van der Waals surface area contributed by atoms with Crippen molar-refractivity contribution in [1.82, 2.24) is 4.31 Å². The van der Waals surface area contributed by atoms with Crippen LogP contribution in [0.1, 0.15) is 11.1 Å². The van der Waals surface area contributed by atoms with Crippen molar-refractivity contribution in [2.45, 2.75) is 18.4 Å². The van der Waals surface area contributed by atoms with Crippen LogP contribution in [0, 0.1) is 6.92 Å². The average Bonchev–Trinajstić information content (AvgIpc) is 2.48. The van der Waals surface area contributed by atoms with Gasteiger partial charge in [0.25, 0.3) is 0 Å². The number of halogens is 1. The van der Waals surface area contributed by atoms with Crippen molar-refractivity contribution in [2.75, 3.05) is 6.54 Å². The normalized spacial score (nSPS) is 11.6. The summed E-state index contributed by atoms with van der Waals surface area (Å²) in [4.78, 5) is 11.2. The lowest BCUT2D eigenvalue weighted by Crippen LogP contribution is -2.35. The number of carbonyl (C=O) groups is 1. The molecule has 0 aliphatic rings. The lowest BCUT2D eigenvalue weighted by molar-refractivity contribution is -0.137. The summed E-state index contributed by atoms with van der Waals surface area (Å²) in [7, 11) is -3.91. The number of rotatable bonds is 6. The van der Waals surface area contributed by atoms with Crippen LogP contribution in [0.3, 0.4) is 0 Å². The predicted octanol–water partition coefficient (Wildman–Crippen LogP) is 3.03. The highest BCUT2D eigenvalue weighted by Crippen LogP contribution is 2.24. The number of aryl methyl sites for hydroxylation is 1. The Hall–Kier alpha value is -1.70. The zero-order chi connectivity index (χ0) is 17.0. The standard InChI is InChI=1S/C16H16BrNO4S/c1-12-6-2-5-9-15(12)23(21,22)18(11-16(19)20)10-13-7-3-4-8-14(13)17/h2-9H,10-11H2,1H3,(H,19,20). The minimum Gasteiger partial charge on any atom is -0.480 e. The Morgan fingerprint density at radius 1 is 1.13 bits per heavy atom. The Morgan fingerprint density at radius 2 is 1.74 bits per heavy atom. The maximum absolute atomic E-state index is 12.9. The monoisotopic (exact) mass is 397 g/mol. The van der Waals surface area contributed by atoms with Crippen LogP contribution < -0.4 is 0 Å². The number of hydrogen-bond donors (Lipinski definition) is 1. The van der Waals surface area contributed by atoms with Gasteiger partial charge < -0.3 is 5.11 Å². The maximum atomic E-state index is 12.9. The third-order valence-corrected chi connectivity index (χ3v) is 6.05. The smallest absolute Gasteiger partial charge is 0.318 e. The van der Waals surface area contributed by atoms with Crippen molar-refractivity contribution in [3.05, 3.63) is 64.1 Å². The van der Waals surface area contributed by atoms with Crippen LogP contribution >= 0.6 is 15.9 Å². The second-order valence-corrected chi connectivity index (χ2v) is 7.78. The first-order valence-corrected chi connectivity index (χ1v) is 9.06. The number of hydrogen-bond acceptors (Lipinski definition) is 3. The van der Waals surface area contributed by atoms with Crippen LogP contribution in [0.4, 0.5) is 0 Å². The molecule has 0 saturated heterocycles. The van der Waals surface area contributed by atoms with E-state index in [2.05, 4.69) is 15.9 Å². The Kier molecular flexibility index (Phi) is 5.56. The first kappa shape index (κ1) is 17.7. The summed E-state index contributed by atoms with van der Waals surface area (Å²) < 4.78 is 27.4. The first-order chi connectivity index (χ1) is 10.8. The van der Waals surface area contributed by atoms with E-state index in [1.807, 2.05) is 6.07 Å². The second-order valence-electron chi connectivity index (χ2n) is 5.02. The highest BCUT2D eigenvalue weighted by molar-refractivity contribution is 9.10. The van der Waals surface area contributed by atoms with E-state index < -0.39 is 22.5 Å². The minimum absolute atomic E-state index is 0.0234. The third-order valence-electron chi connectivity index (χ3n) is 3.33. The molecule has 0 radical (unpaired) electrons. The summed E-state index contributed by atoms with van der Waals surface area (Å²) in [6.45, 7) is 1.06. The molecule has 0 atom stereocenters. The molecule has 122 valence electrons. The van der Waals surface area contributed by atoms with Crippen molar-refractivity contribution >= 4 is 31.9 Å². The molecule has 2 rings (SSSR count). The highest BCUT2D eigenvalue weighted by Gasteiger charge is 2.28. The number of carboxylic acids is 1. The van der Waals surface area contributed by atoms with Gasteiger partial charge in [0.2, 0.25) is 10.0 Å². The van der Waals surface area contributed by atoms with Gasteiger partial charge in [-0.1, -0.05) is 52.3 Å². The minimum atomic E-state index is -3.91. The van der Waals surface area contributed by atoms with Crippen molar-refractivity contribution in [3.63, 3.8) is 0 Å². The number of benzene rings is 2. The number of carboxylic acid groups (broad SMARTS) is 1. The van der Waals surface area contributed by atoms with E-state index in [9.17, 15) is 13.2 Å². The second kappa shape index (κ2) is 7.25. The van der Waals surface area contributed by atoms with E-state index in [0.29, 0.717) is 11.1 Å². The Labute approximate surface area is 143 Å². The number of nitrogens with zero attached hydrogens (tertiary/aromatic N) is 1. The molecule has 1 N–H and O–H groups in total. The third kappa shape index (κ3) is 4.19. The van der Waals surface area contributed by atoms with Crippen LogP contribution in [0.15, 0.2) is 57.9 Å². The van der Waals surface area contributed by atoms with Gasteiger partial charge >= 0.3 is 5.97 Å². The van der Waals surface area contributed by atoms with Crippen molar-refractivity contribution in [3.8, 4) is 0 Å². The average molecular weight is 398 g/mol. The van der Waals surface area contributed by atoms with Gasteiger partial charge in [0, 0.05) is 11.0 Å². The maximum Gasteiger partial charge on any atom is 0.318 e.